The van der Waals surface area contributed by atoms with Gasteiger partial charge < -0.3 is 15.2 Å². The van der Waals surface area contributed by atoms with Crippen molar-refractivity contribution in [2.75, 3.05) is 26.2 Å². The molecule has 2 aliphatic heterocycles. The number of ether oxygens (including phenoxy) is 2. The van der Waals surface area contributed by atoms with E-state index >= 15 is 0 Å². The van der Waals surface area contributed by atoms with Crippen LogP contribution in [-0.2, 0) is 9.47 Å². The Balaban J connectivity index is 2.09. The molecule has 4 heteroatoms. The Labute approximate surface area is 111 Å². The van der Waals surface area contributed by atoms with Crippen LogP contribution in [0.5, 0.6) is 0 Å². The predicted octanol–water partition coefficient (Wildman–Crippen LogP) is 1.38. The van der Waals surface area contributed by atoms with E-state index in [9.17, 15) is 0 Å². The molecule has 2 N–H and O–H groups in total. The minimum atomic E-state index is -0.117. The molecule has 2 aliphatic rings. The third-order valence-corrected chi connectivity index (χ3v) is 3.82. The van der Waals surface area contributed by atoms with Crippen LogP contribution in [0.1, 0.15) is 40.5 Å². The maximum absolute atomic E-state index is 6.13. The highest BCUT2D eigenvalue weighted by molar-refractivity contribution is 4.95. The summed E-state index contributed by atoms with van der Waals surface area (Å²) in [5.41, 5.74) is 5.76. The van der Waals surface area contributed by atoms with Crippen molar-refractivity contribution in [3.63, 3.8) is 0 Å². The van der Waals surface area contributed by atoms with Crippen LogP contribution >= 0.6 is 0 Å². The Kier molecular flexibility index (Phi) is 4.02. The lowest BCUT2D eigenvalue weighted by Gasteiger charge is -2.50. The first-order chi connectivity index (χ1) is 8.33. The normalized spacial score (nSPS) is 33.5. The van der Waals surface area contributed by atoms with Crippen molar-refractivity contribution in [3.8, 4) is 0 Å². The van der Waals surface area contributed by atoms with Gasteiger partial charge in [-0.05, 0) is 40.5 Å². The second-order valence-electron chi connectivity index (χ2n) is 6.88. The lowest BCUT2D eigenvalue weighted by atomic mass is 9.95. The van der Waals surface area contributed by atoms with E-state index < -0.39 is 0 Å². The number of hydrogen-bond donors (Lipinski definition) is 1. The van der Waals surface area contributed by atoms with Crippen molar-refractivity contribution >= 4 is 0 Å². The molecular formula is C14H28N2O2. The van der Waals surface area contributed by atoms with E-state index in [2.05, 4.69) is 32.6 Å². The number of nitrogens with zero attached hydrogens (tertiary/aromatic N) is 1. The van der Waals surface area contributed by atoms with Crippen molar-refractivity contribution in [1.82, 2.24) is 4.90 Å². The topological polar surface area (TPSA) is 47.7 Å². The van der Waals surface area contributed by atoms with Crippen LogP contribution < -0.4 is 5.73 Å². The zero-order valence-corrected chi connectivity index (χ0v) is 12.2. The molecule has 0 aromatic rings. The number of nitrogens with two attached hydrogens (primary N) is 1. The first-order valence-electron chi connectivity index (χ1n) is 7.09. The highest BCUT2D eigenvalue weighted by Gasteiger charge is 2.42. The fourth-order valence-electron chi connectivity index (χ4n) is 3.52. The van der Waals surface area contributed by atoms with Crippen LogP contribution in [0.25, 0.3) is 0 Å². The van der Waals surface area contributed by atoms with Crippen LogP contribution in [0.4, 0.5) is 0 Å². The van der Waals surface area contributed by atoms with Gasteiger partial charge in [-0.15, -0.1) is 0 Å². The van der Waals surface area contributed by atoms with Crippen molar-refractivity contribution in [2.24, 2.45) is 5.73 Å². The standard InChI is InChI=1S/C14H28N2O2/c1-13(2)9-16(10-14(3,4)18-13)11(8-15)12-6-5-7-17-12/h11-12H,5-10,15H2,1-4H3. The Bertz CT molecular complexity index is 270. The average molecular weight is 256 g/mol. The van der Waals surface area contributed by atoms with E-state index in [1.807, 2.05) is 0 Å². The monoisotopic (exact) mass is 256 g/mol. The van der Waals surface area contributed by atoms with Gasteiger partial charge in [-0.1, -0.05) is 0 Å². The lowest BCUT2D eigenvalue weighted by molar-refractivity contribution is -0.193. The molecule has 2 saturated heterocycles. The summed E-state index contributed by atoms with van der Waals surface area (Å²) in [7, 11) is 0. The number of rotatable bonds is 3. The summed E-state index contributed by atoms with van der Waals surface area (Å²) < 4.78 is 12.0. The SMILES string of the molecule is CC1(C)CN(C(CN)C2CCCO2)CC(C)(C)O1. The quantitative estimate of drug-likeness (QED) is 0.829. The largest absolute Gasteiger partial charge is 0.377 e. The summed E-state index contributed by atoms with van der Waals surface area (Å²) in [6.07, 6.45) is 2.61. The van der Waals surface area contributed by atoms with Crippen LogP contribution in [0.3, 0.4) is 0 Å². The van der Waals surface area contributed by atoms with Gasteiger partial charge in [0.15, 0.2) is 0 Å². The molecule has 2 atom stereocenters. The fraction of sp³-hybridized carbons (Fsp3) is 1.00. The Morgan fingerprint density at radius 1 is 1.22 bits per heavy atom. The molecule has 0 aliphatic carbocycles. The first kappa shape index (κ1) is 14.3. The molecule has 2 heterocycles. The van der Waals surface area contributed by atoms with Gasteiger partial charge in [0.1, 0.15) is 0 Å². The van der Waals surface area contributed by atoms with Gasteiger partial charge in [0.2, 0.25) is 0 Å². The van der Waals surface area contributed by atoms with Crippen molar-refractivity contribution in [3.05, 3.63) is 0 Å². The molecule has 0 spiro atoms. The molecule has 2 rings (SSSR count). The van der Waals surface area contributed by atoms with Gasteiger partial charge >= 0.3 is 0 Å². The van der Waals surface area contributed by atoms with E-state index in [0.717, 1.165) is 32.5 Å². The van der Waals surface area contributed by atoms with Gasteiger partial charge in [-0.25, -0.2) is 0 Å². The van der Waals surface area contributed by atoms with Gasteiger partial charge in [0.25, 0.3) is 0 Å². The van der Waals surface area contributed by atoms with Crippen LogP contribution in [-0.4, -0.2) is 54.5 Å². The second-order valence-corrected chi connectivity index (χ2v) is 6.88. The average Bonchev–Trinajstić information content (AvgIpc) is 2.67. The molecule has 0 bridgehead atoms. The van der Waals surface area contributed by atoms with Gasteiger partial charge in [0, 0.05) is 32.3 Å². The molecule has 0 aromatic carbocycles. The Hall–Kier alpha value is -0.160. The molecule has 106 valence electrons. The summed E-state index contributed by atoms with van der Waals surface area (Å²) in [5, 5.41) is 0. The number of morpholine rings is 1. The molecule has 0 amide bonds. The summed E-state index contributed by atoms with van der Waals surface area (Å²) >= 11 is 0. The molecular weight excluding hydrogens is 228 g/mol. The van der Waals surface area contributed by atoms with Gasteiger partial charge in [-0.3, -0.25) is 4.90 Å². The van der Waals surface area contributed by atoms with Crippen molar-refractivity contribution in [1.29, 1.82) is 0 Å². The van der Waals surface area contributed by atoms with E-state index in [0.29, 0.717) is 18.7 Å². The van der Waals surface area contributed by atoms with E-state index in [-0.39, 0.29) is 11.2 Å². The molecule has 2 fully saturated rings. The molecule has 0 saturated carbocycles. The van der Waals surface area contributed by atoms with Crippen LogP contribution in [0.15, 0.2) is 0 Å². The third kappa shape index (κ3) is 3.23. The molecule has 0 aromatic heterocycles. The highest BCUT2D eigenvalue weighted by Crippen LogP contribution is 2.31. The lowest BCUT2D eigenvalue weighted by Crippen LogP contribution is -2.63. The molecule has 18 heavy (non-hydrogen) atoms. The third-order valence-electron chi connectivity index (χ3n) is 3.82. The Morgan fingerprint density at radius 3 is 2.28 bits per heavy atom. The maximum atomic E-state index is 6.13. The van der Waals surface area contributed by atoms with Crippen molar-refractivity contribution in [2.45, 2.75) is 63.9 Å². The summed E-state index contributed by atoms with van der Waals surface area (Å²) in [6.45, 7) is 12.0. The van der Waals surface area contributed by atoms with E-state index in [4.69, 9.17) is 15.2 Å². The molecule has 0 radical (unpaired) electrons. The Morgan fingerprint density at radius 2 is 1.83 bits per heavy atom. The molecule has 2 unspecified atom stereocenters. The minimum Gasteiger partial charge on any atom is -0.377 e. The van der Waals surface area contributed by atoms with E-state index in [1.54, 1.807) is 0 Å². The smallest absolute Gasteiger partial charge is 0.0760 e. The van der Waals surface area contributed by atoms with Gasteiger partial charge in [0.05, 0.1) is 17.3 Å². The summed E-state index contributed by atoms with van der Waals surface area (Å²) in [6, 6.07) is 0.329. The predicted molar refractivity (Wildman–Crippen MR) is 72.6 cm³/mol. The maximum Gasteiger partial charge on any atom is 0.0760 e. The second kappa shape index (κ2) is 5.08. The first-order valence-corrected chi connectivity index (χ1v) is 7.09. The minimum absolute atomic E-state index is 0.117. The van der Waals surface area contributed by atoms with E-state index in [1.165, 1.54) is 0 Å². The van der Waals surface area contributed by atoms with Crippen molar-refractivity contribution < 1.29 is 9.47 Å². The number of hydrogen-bond acceptors (Lipinski definition) is 4. The summed E-state index contributed by atoms with van der Waals surface area (Å²) in [5.74, 6) is 0. The zero-order chi connectivity index (χ0) is 13.4. The van der Waals surface area contributed by atoms with Gasteiger partial charge in [-0.2, -0.15) is 0 Å². The van der Waals surface area contributed by atoms with Crippen LogP contribution in [0, 0.1) is 0 Å². The van der Waals surface area contributed by atoms with Crippen LogP contribution in [0.2, 0.25) is 0 Å². The fourth-order valence-corrected chi connectivity index (χ4v) is 3.52. The highest BCUT2D eigenvalue weighted by atomic mass is 16.5. The summed E-state index contributed by atoms with van der Waals surface area (Å²) in [4.78, 5) is 2.47. The molecule has 4 nitrogen and oxygen atoms in total. The zero-order valence-electron chi connectivity index (χ0n) is 12.2.